The molecule has 20 heavy (non-hydrogen) atoms. The third-order valence-corrected chi connectivity index (χ3v) is 3.82. The summed E-state index contributed by atoms with van der Waals surface area (Å²) in [6.45, 7) is 2.91. The molecule has 0 radical (unpaired) electrons. The minimum Gasteiger partial charge on any atom is -0.393 e. The van der Waals surface area contributed by atoms with Gasteiger partial charge in [-0.25, -0.2) is 4.79 Å². The number of aliphatic hydroxyl groups excluding tert-OH is 3. The Morgan fingerprint density at radius 3 is 2.70 bits per heavy atom. The highest BCUT2D eigenvalue weighted by Gasteiger charge is 2.53. The molecule has 0 amide bonds. The third kappa shape index (κ3) is 2.10. The molecule has 8 heteroatoms. The monoisotopic (exact) mass is 285 g/mol. The summed E-state index contributed by atoms with van der Waals surface area (Å²) in [4.78, 5) is 15.5. The van der Waals surface area contributed by atoms with Crippen molar-refractivity contribution in [3.8, 4) is 0 Å². The van der Waals surface area contributed by atoms with Gasteiger partial charge in [-0.05, 0) is 13.3 Å². The molecule has 112 valence electrons. The predicted octanol–water partition coefficient (Wildman–Crippen LogP) is -1.47. The van der Waals surface area contributed by atoms with Crippen LogP contribution in [0.5, 0.6) is 0 Å². The average molecular weight is 285 g/mol. The molecule has 0 aromatic carbocycles. The SMILES string of the molecule is CC[C@]1(CO)O[C@@H](n2cc(C)c(N)nc2=O)C(O)C1O. The maximum atomic E-state index is 11.9. The first-order valence-electron chi connectivity index (χ1n) is 6.36. The average Bonchev–Trinajstić information content (AvgIpc) is 2.68. The summed E-state index contributed by atoms with van der Waals surface area (Å²) in [7, 11) is 0. The lowest BCUT2D eigenvalue weighted by molar-refractivity contribution is -0.130. The van der Waals surface area contributed by atoms with Gasteiger partial charge in [0.2, 0.25) is 0 Å². The molecule has 2 rings (SSSR count). The van der Waals surface area contributed by atoms with E-state index in [0.717, 1.165) is 4.57 Å². The lowest BCUT2D eigenvalue weighted by atomic mass is 9.93. The van der Waals surface area contributed by atoms with Crippen molar-refractivity contribution >= 4 is 5.82 Å². The van der Waals surface area contributed by atoms with Gasteiger partial charge in [0, 0.05) is 11.8 Å². The summed E-state index contributed by atoms with van der Waals surface area (Å²) < 4.78 is 6.64. The molecule has 0 aliphatic carbocycles. The van der Waals surface area contributed by atoms with Crippen LogP contribution in [-0.2, 0) is 4.74 Å². The number of nitrogen functional groups attached to an aromatic ring is 1. The number of aryl methyl sites for hydroxylation is 1. The van der Waals surface area contributed by atoms with Crippen LogP contribution in [0.1, 0.15) is 25.1 Å². The normalized spacial score (nSPS) is 33.5. The number of hydrogen-bond acceptors (Lipinski definition) is 7. The second-order valence-corrected chi connectivity index (χ2v) is 5.02. The Bertz CT molecular complexity index is 555. The van der Waals surface area contributed by atoms with Crippen LogP contribution in [-0.4, -0.2) is 49.3 Å². The Morgan fingerprint density at radius 1 is 1.55 bits per heavy atom. The fraction of sp³-hybridized carbons (Fsp3) is 0.667. The molecule has 0 saturated carbocycles. The highest BCUT2D eigenvalue weighted by atomic mass is 16.6. The Balaban J connectivity index is 2.45. The molecule has 4 atom stereocenters. The van der Waals surface area contributed by atoms with E-state index in [9.17, 15) is 20.1 Å². The van der Waals surface area contributed by atoms with Gasteiger partial charge in [0.05, 0.1) is 6.61 Å². The molecule has 0 bridgehead atoms. The zero-order chi connectivity index (χ0) is 15.1. The van der Waals surface area contributed by atoms with E-state index < -0.39 is 36.3 Å². The van der Waals surface area contributed by atoms with E-state index in [-0.39, 0.29) is 12.2 Å². The first-order valence-corrected chi connectivity index (χ1v) is 6.36. The van der Waals surface area contributed by atoms with Crippen molar-refractivity contribution in [1.82, 2.24) is 9.55 Å². The summed E-state index contributed by atoms with van der Waals surface area (Å²) >= 11 is 0. The van der Waals surface area contributed by atoms with Crippen LogP contribution in [0.25, 0.3) is 0 Å². The van der Waals surface area contributed by atoms with Crippen molar-refractivity contribution in [3.63, 3.8) is 0 Å². The van der Waals surface area contributed by atoms with Crippen molar-refractivity contribution in [2.75, 3.05) is 12.3 Å². The smallest absolute Gasteiger partial charge is 0.351 e. The minimum absolute atomic E-state index is 0.100. The Morgan fingerprint density at radius 2 is 2.20 bits per heavy atom. The van der Waals surface area contributed by atoms with Crippen LogP contribution in [0.2, 0.25) is 0 Å². The predicted molar refractivity (Wildman–Crippen MR) is 69.9 cm³/mol. The number of anilines is 1. The molecule has 1 aromatic heterocycles. The molecular weight excluding hydrogens is 266 g/mol. The molecule has 1 aromatic rings. The lowest BCUT2D eigenvalue weighted by Gasteiger charge is -2.28. The van der Waals surface area contributed by atoms with Crippen LogP contribution in [0.15, 0.2) is 11.0 Å². The number of nitrogens with zero attached hydrogens (tertiary/aromatic N) is 2. The van der Waals surface area contributed by atoms with Gasteiger partial charge in [-0.2, -0.15) is 4.98 Å². The first kappa shape index (κ1) is 14.9. The number of nitrogens with two attached hydrogens (primary N) is 1. The number of rotatable bonds is 3. The Labute approximate surface area is 115 Å². The molecule has 2 heterocycles. The molecule has 1 aliphatic rings. The highest BCUT2D eigenvalue weighted by Crippen LogP contribution is 2.38. The first-order chi connectivity index (χ1) is 9.36. The number of aromatic nitrogens is 2. The second kappa shape index (κ2) is 5.13. The molecule has 2 unspecified atom stereocenters. The fourth-order valence-corrected chi connectivity index (χ4v) is 2.36. The molecular formula is C12H19N3O5. The van der Waals surface area contributed by atoms with Gasteiger partial charge in [0.25, 0.3) is 0 Å². The number of hydrogen-bond donors (Lipinski definition) is 4. The van der Waals surface area contributed by atoms with Gasteiger partial charge in [-0.3, -0.25) is 4.57 Å². The second-order valence-electron chi connectivity index (χ2n) is 5.02. The van der Waals surface area contributed by atoms with Gasteiger partial charge in [-0.15, -0.1) is 0 Å². The van der Waals surface area contributed by atoms with E-state index >= 15 is 0 Å². The standard InChI is InChI=1S/C12H19N3O5/c1-3-12(5-16)8(18)7(17)10(20-12)15-4-6(2)9(13)14-11(15)19/h4,7-8,10,16-18H,3,5H2,1-2H3,(H2,13,14,19)/t7?,8?,10-,12-/m1/s1. The van der Waals surface area contributed by atoms with Crippen LogP contribution >= 0.6 is 0 Å². The lowest BCUT2D eigenvalue weighted by Crippen LogP contribution is -2.45. The quantitative estimate of drug-likeness (QED) is 0.533. The summed E-state index contributed by atoms with van der Waals surface area (Å²) in [5.41, 5.74) is 4.11. The van der Waals surface area contributed by atoms with Crippen LogP contribution < -0.4 is 11.4 Å². The Kier molecular flexibility index (Phi) is 3.83. The van der Waals surface area contributed by atoms with Gasteiger partial charge in [0.1, 0.15) is 23.6 Å². The molecule has 1 saturated heterocycles. The van der Waals surface area contributed by atoms with E-state index in [4.69, 9.17) is 10.5 Å². The van der Waals surface area contributed by atoms with Gasteiger partial charge >= 0.3 is 5.69 Å². The van der Waals surface area contributed by atoms with E-state index in [2.05, 4.69) is 4.98 Å². The zero-order valence-electron chi connectivity index (χ0n) is 11.4. The van der Waals surface area contributed by atoms with Crippen molar-refractivity contribution < 1.29 is 20.1 Å². The van der Waals surface area contributed by atoms with Crippen molar-refractivity contribution in [3.05, 3.63) is 22.2 Å². The van der Waals surface area contributed by atoms with E-state index in [1.165, 1.54) is 6.20 Å². The van der Waals surface area contributed by atoms with Crippen LogP contribution in [0, 0.1) is 6.92 Å². The van der Waals surface area contributed by atoms with E-state index in [1.54, 1.807) is 13.8 Å². The summed E-state index contributed by atoms with van der Waals surface area (Å²) in [5, 5.41) is 29.6. The van der Waals surface area contributed by atoms with E-state index in [1.807, 2.05) is 0 Å². The van der Waals surface area contributed by atoms with Crippen LogP contribution in [0.3, 0.4) is 0 Å². The largest absolute Gasteiger partial charge is 0.393 e. The maximum Gasteiger partial charge on any atom is 0.351 e. The molecule has 0 spiro atoms. The van der Waals surface area contributed by atoms with Gasteiger partial charge in [0.15, 0.2) is 6.23 Å². The van der Waals surface area contributed by atoms with Crippen LogP contribution in [0.4, 0.5) is 5.82 Å². The minimum atomic E-state index is -1.34. The van der Waals surface area contributed by atoms with Gasteiger partial charge in [-0.1, -0.05) is 6.92 Å². The van der Waals surface area contributed by atoms with E-state index in [0.29, 0.717) is 5.56 Å². The number of aliphatic hydroxyl groups is 3. The molecule has 5 N–H and O–H groups in total. The zero-order valence-corrected chi connectivity index (χ0v) is 11.4. The van der Waals surface area contributed by atoms with Gasteiger partial charge < -0.3 is 25.8 Å². The Hall–Kier alpha value is -1.48. The summed E-state index contributed by atoms with van der Waals surface area (Å²) in [6, 6.07) is 0. The van der Waals surface area contributed by atoms with Crippen molar-refractivity contribution in [2.45, 2.75) is 44.3 Å². The molecule has 8 nitrogen and oxygen atoms in total. The number of ether oxygens (including phenoxy) is 1. The third-order valence-electron chi connectivity index (χ3n) is 3.82. The fourth-order valence-electron chi connectivity index (χ4n) is 2.36. The van der Waals surface area contributed by atoms with Crippen molar-refractivity contribution in [1.29, 1.82) is 0 Å². The highest BCUT2D eigenvalue weighted by molar-refractivity contribution is 5.35. The molecule has 1 fully saturated rings. The summed E-state index contributed by atoms with van der Waals surface area (Å²) in [6.07, 6.45) is -2.06. The maximum absolute atomic E-state index is 11.9. The summed E-state index contributed by atoms with van der Waals surface area (Å²) in [5.74, 6) is 0.100. The molecule has 1 aliphatic heterocycles. The van der Waals surface area contributed by atoms with Crippen molar-refractivity contribution in [2.24, 2.45) is 0 Å². The topological polar surface area (TPSA) is 131 Å².